The maximum Gasteiger partial charge on any atom is 0.155 e. The van der Waals surface area contributed by atoms with Gasteiger partial charge in [0.25, 0.3) is 0 Å². The van der Waals surface area contributed by atoms with Crippen LogP contribution in [0.3, 0.4) is 0 Å². The molecule has 0 aromatic heterocycles. The average molecular weight is 260 g/mol. The van der Waals surface area contributed by atoms with E-state index in [2.05, 4.69) is 20.8 Å². The highest BCUT2D eigenvalue weighted by Gasteiger charge is 2.48. The molecule has 0 aliphatic heterocycles. The van der Waals surface area contributed by atoms with Gasteiger partial charge in [-0.05, 0) is 67.3 Å². The lowest BCUT2D eigenvalue weighted by Crippen LogP contribution is -2.45. The van der Waals surface area contributed by atoms with Crippen molar-refractivity contribution < 1.29 is 4.79 Å². The second kappa shape index (κ2) is 4.75. The van der Waals surface area contributed by atoms with Crippen LogP contribution in [-0.4, -0.2) is 5.78 Å². The van der Waals surface area contributed by atoms with E-state index >= 15 is 0 Å². The molecule has 2 saturated carbocycles. The zero-order valence-corrected chi connectivity index (χ0v) is 12.7. The summed E-state index contributed by atoms with van der Waals surface area (Å²) in [6, 6.07) is 0. The molecule has 2 fully saturated rings. The Kier molecular flexibility index (Phi) is 3.35. The fraction of sp³-hybridized carbons (Fsp3) is 0.833. The average Bonchev–Trinajstić information content (AvgIpc) is 2.42. The zero-order chi connectivity index (χ0) is 13.6. The van der Waals surface area contributed by atoms with E-state index < -0.39 is 0 Å². The Labute approximate surface area is 117 Å². The first-order valence-corrected chi connectivity index (χ1v) is 8.28. The molecule has 0 spiro atoms. The molecule has 0 amide bonds. The third kappa shape index (κ3) is 2.10. The number of fused-ring (bicyclic) bond motifs is 3. The molecule has 1 nitrogen and oxygen atoms in total. The number of carbonyl (C=O) groups excluding carboxylic acids is 1. The molecule has 0 unspecified atom stereocenters. The van der Waals surface area contributed by atoms with Crippen LogP contribution in [0.15, 0.2) is 11.6 Å². The number of rotatable bonds is 1. The molecule has 1 heteroatoms. The summed E-state index contributed by atoms with van der Waals surface area (Å²) in [5.74, 6) is 3.78. The molecule has 0 bridgehead atoms. The summed E-state index contributed by atoms with van der Waals surface area (Å²) in [5.41, 5.74) is 2.07. The van der Waals surface area contributed by atoms with E-state index in [0.29, 0.717) is 11.2 Å². The monoisotopic (exact) mass is 260 g/mol. The van der Waals surface area contributed by atoms with Crippen molar-refractivity contribution in [3.8, 4) is 0 Å². The van der Waals surface area contributed by atoms with E-state index in [-0.39, 0.29) is 0 Å². The predicted octanol–water partition coefficient (Wildman–Crippen LogP) is 4.76. The van der Waals surface area contributed by atoms with E-state index in [9.17, 15) is 4.79 Å². The molecule has 0 heterocycles. The predicted molar refractivity (Wildman–Crippen MR) is 78.8 cm³/mol. The van der Waals surface area contributed by atoms with Gasteiger partial charge in [0.15, 0.2) is 5.78 Å². The summed E-state index contributed by atoms with van der Waals surface area (Å²) in [7, 11) is 0. The molecule has 3 aliphatic carbocycles. The van der Waals surface area contributed by atoms with Gasteiger partial charge in [0, 0.05) is 6.42 Å². The molecule has 106 valence electrons. The summed E-state index contributed by atoms with van der Waals surface area (Å²) in [6.45, 7) is 7.37. The van der Waals surface area contributed by atoms with Gasteiger partial charge in [-0.15, -0.1) is 0 Å². The van der Waals surface area contributed by atoms with Crippen LogP contribution < -0.4 is 0 Å². The van der Waals surface area contributed by atoms with Gasteiger partial charge in [-0.2, -0.15) is 0 Å². The van der Waals surface area contributed by atoms with Gasteiger partial charge in [0.05, 0.1) is 0 Å². The number of allylic oxidation sites excluding steroid dienone is 2. The minimum Gasteiger partial charge on any atom is -0.295 e. The lowest BCUT2D eigenvalue weighted by Gasteiger charge is -2.53. The second-order valence-electron chi connectivity index (χ2n) is 7.53. The Morgan fingerprint density at radius 1 is 1.21 bits per heavy atom. The van der Waals surface area contributed by atoms with Crippen LogP contribution >= 0.6 is 0 Å². The second-order valence-corrected chi connectivity index (χ2v) is 7.53. The van der Waals surface area contributed by atoms with Crippen LogP contribution in [-0.2, 0) is 4.79 Å². The Bertz CT molecular complexity index is 408. The SMILES string of the molecule is CC[C@@]1(C)CC[C@H]2[C@@H](CCC3=CC(=O)CC[C@@H]32)[C@@H]1C. The highest BCUT2D eigenvalue weighted by Crippen LogP contribution is 2.57. The quantitative estimate of drug-likeness (QED) is 0.664. The molecule has 0 aromatic carbocycles. The van der Waals surface area contributed by atoms with Crippen LogP contribution in [0, 0.1) is 29.1 Å². The van der Waals surface area contributed by atoms with Crippen molar-refractivity contribution in [2.24, 2.45) is 29.1 Å². The number of ketones is 1. The topological polar surface area (TPSA) is 17.1 Å². The minimum absolute atomic E-state index is 0.381. The summed E-state index contributed by atoms with van der Waals surface area (Å²) < 4.78 is 0. The van der Waals surface area contributed by atoms with Crippen LogP contribution in [0.1, 0.15) is 65.7 Å². The summed E-state index contributed by atoms with van der Waals surface area (Å²) in [4.78, 5) is 11.6. The highest BCUT2D eigenvalue weighted by atomic mass is 16.1. The van der Waals surface area contributed by atoms with Crippen molar-refractivity contribution in [2.75, 3.05) is 0 Å². The first-order chi connectivity index (χ1) is 9.05. The lowest BCUT2D eigenvalue weighted by atomic mass is 9.51. The number of hydrogen-bond acceptors (Lipinski definition) is 1. The normalized spacial score (nSPS) is 46.3. The molecule has 19 heavy (non-hydrogen) atoms. The first-order valence-electron chi connectivity index (χ1n) is 8.28. The third-order valence-corrected chi connectivity index (χ3v) is 6.96. The Morgan fingerprint density at radius 3 is 2.74 bits per heavy atom. The van der Waals surface area contributed by atoms with Gasteiger partial charge in [-0.1, -0.05) is 32.8 Å². The molecule has 3 rings (SSSR count). The standard InChI is InChI=1S/C18H28O/c1-4-18(3)10-9-17-15(12(18)2)7-5-13-11-14(19)6-8-16(13)17/h11-12,15-17H,4-10H2,1-3H3/t12-,15-,16-,17-,18-/m0/s1. The number of carbonyl (C=O) groups is 1. The van der Waals surface area contributed by atoms with Crippen LogP contribution in [0.25, 0.3) is 0 Å². The maximum atomic E-state index is 11.6. The van der Waals surface area contributed by atoms with Gasteiger partial charge in [0.1, 0.15) is 0 Å². The molecule has 0 N–H and O–H groups in total. The molecular formula is C18H28O. The van der Waals surface area contributed by atoms with Crippen LogP contribution in [0.5, 0.6) is 0 Å². The Balaban J connectivity index is 1.84. The maximum absolute atomic E-state index is 11.6. The molecular weight excluding hydrogens is 232 g/mol. The fourth-order valence-corrected chi connectivity index (χ4v) is 5.24. The number of hydrogen-bond donors (Lipinski definition) is 0. The third-order valence-electron chi connectivity index (χ3n) is 6.96. The lowest BCUT2D eigenvalue weighted by molar-refractivity contribution is -0.116. The smallest absolute Gasteiger partial charge is 0.155 e. The van der Waals surface area contributed by atoms with Crippen molar-refractivity contribution in [1.29, 1.82) is 0 Å². The van der Waals surface area contributed by atoms with E-state index in [1.54, 1.807) is 0 Å². The van der Waals surface area contributed by atoms with Crippen molar-refractivity contribution in [3.63, 3.8) is 0 Å². The molecule has 3 aliphatic rings. The van der Waals surface area contributed by atoms with E-state index in [4.69, 9.17) is 0 Å². The zero-order valence-electron chi connectivity index (χ0n) is 12.7. The summed E-state index contributed by atoms with van der Waals surface area (Å²) in [5, 5.41) is 0. The first kappa shape index (κ1) is 13.4. The van der Waals surface area contributed by atoms with Crippen molar-refractivity contribution in [2.45, 2.75) is 65.7 Å². The van der Waals surface area contributed by atoms with E-state index in [1.165, 1.54) is 37.7 Å². The molecule has 5 atom stereocenters. The van der Waals surface area contributed by atoms with Crippen LogP contribution in [0.2, 0.25) is 0 Å². The Morgan fingerprint density at radius 2 is 2.00 bits per heavy atom. The molecule has 0 radical (unpaired) electrons. The summed E-state index contributed by atoms with van der Waals surface area (Å²) >= 11 is 0. The highest BCUT2D eigenvalue weighted by molar-refractivity contribution is 5.91. The van der Waals surface area contributed by atoms with Crippen molar-refractivity contribution >= 4 is 5.78 Å². The van der Waals surface area contributed by atoms with E-state index in [1.807, 2.05) is 6.08 Å². The Hall–Kier alpha value is -0.590. The fourth-order valence-electron chi connectivity index (χ4n) is 5.24. The van der Waals surface area contributed by atoms with Gasteiger partial charge in [0.2, 0.25) is 0 Å². The molecule has 0 saturated heterocycles. The minimum atomic E-state index is 0.381. The van der Waals surface area contributed by atoms with Crippen molar-refractivity contribution in [3.05, 3.63) is 11.6 Å². The van der Waals surface area contributed by atoms with E-state index in [0.717, 1.165) is 36.5 Å². The largest absolute Gasteiger partial charge is 0.295 e. The van der Waals surface area contributed by atoms with Crippen molar-refractivity contribution in [1.82, 2.24) is 0 Å². The van der Waals surface area contributed by atoms with Gasteiger partial charge < -0.3 is 0 Å². The van der Waals surface area contributed by atoms with Gasteiger partial charge in [-0.3, -0.25) is 4.79 Å². The molecule has 0 aromatic rings. The van der Waals surface area contributed by atoms with Crippen LogP contribution in [0.4, 0.5) is 0 Å². The van der Waals surface area contributed by atoms with Gasteiger partial charge in [-0.25, -0.2) is 0 Å². The van der Waals surface area contributed by atoms with Gasteiger partial charge >= 0.3 is 0 Å². The summed E-state index contributed by atoms with van der Waals surface area (Å²) in [6.07, 6.45) is 10.6.